The second-order valence-electron chi connectivity index (χ2n) is 6.46. The van der Waals surface area contributed by atoms with E-state index in [1.165, 1.54) is 18.0 Å². The van der Waals surface area contributed by atoms with Crippen LogP contribution in [0.25, 0.3) is 0 Å². The van der Waals surface area contributed by atoms with Gasteiger partial charge in [0.15, 0.2) is 0 Å². The molecule has 1 N–H and O–H groups in total. The second kappa shape index (κ2) is 7.79. The normalized spacial score (nSPS) is 11.0. The summed E-state index contributed by atoms with van der Waals surface area (Å²) in [7, 11) is 1.34. The summed E-state index contributed by atoms with van der Waals surface area (Å²) in [6.07, 6.45) is 1.11. The van der Waals surface area contributed by atoms with Gasteiger partial charge in [-0.3, -0.25) is 13.9 Å². The van der Waals surface area contributed by atoms with Crippen LogP contribution in [-0.2, 0) is 10.0 Å². The van der Waals surface area contributed by atoms with Gasteiger partial charge in [0.25, 0.3) is 11.8 Å². The summed E-state index contributed by atoms with van der Waals surface area (Å²) in [4.78, 5) is 25.9. The number of nitrogens with zero attached hydrogens (tertiary/aromatic N) is 2. The standard InChI is InChI=1S/C19H23N3O4S/c1-13-6-7-15(12-17(13)22(4)27(5,25)26)18(23)20-16-10-8-14(9-11-16)19(24)21(2)3/h6-12H,1-5H3,(H,20,23). The number of aryl methyl sites for hydroxylation is 1. The lowest BCUT2D eigenvalue weighted by Gasteiger charge is -2.19. The van der Waals surface area contributed by atoms with E-state index in [0.29, 0.717) is 22.5 Å². The van der Waals surface area contributed by atoms with Crippen LogP contribution in [0.1, 0.15) is 26.3 Å². The third kappa shape index (κ3) is 4.85. The molecule has 2 amide bonds. The zero-order valence-corrected chi connectivity index (χ0v) is 16.8. The summed E-state index contributed by atoms with van der Waals surface area (Å²) < 4.78 is 24.7. The highest BCUT2D eigenvalue weighted by atomic mass is 32.2. The third-order valence-corrected chi connectivity index (χ3v) is 5.30. The van der Waals surface area contributed by atoms with E-state index in [2.05, 4.69) is 5.32 Å². The molecule has 0 atom stereocenters. The van der Waals surface area contributed by atoms with Crippen LogP contribution in [0.2, 0.25) is 0 Å². The average Bonchev–Trinajstić information content (AvgIpc) is 2.60. The molecule has 0 saturated heterocycles. The van der Waals surface area contributed by atoms with Crippen LogP contribution in [-0.4, -0.2) is 52.5 Å². The van der Waals surface area contributed by atoms with Gasteiger partial charge in [0.05, 0.1) is 11.9 Å². The van der Waals surface area contributed by atoms with Crippen molar-refractivity contribution in [3.63, 3.8) is 0 Å². The second-order valence-corrected chi connectivity index (χ2v) is 8.48. The molecule has 0 aliphatic heterocycles. The number of rotatable bonds is 5. The van der Waals surface area contributed by atoms with Crippen LogP contribution in [0.15, 0.2) is 42.5 Å². The van der Waals surface area contributed by atoms with Crippen LogP contribution in [0.5, 0.6) is 0 Å². The van der Waals surface area contributed by atoms with Gasteiger partial charge < -0.3 is 10.2 Å². The first-order valence-electron chi connectivity index (χ1n) is 8.18. The number of hydrogen-bond acceptors (Lipinski definition) is 4. The molecule has 0 bridgehead atoms. The van der Waals surface area contributed by atoms with Crippen molar-refractivity contribution in [2.75, 3.05) is 37.0 Å². The Morgan fingerprint density at radius 2 is 1.48 bits per heavy atom. The summed E-state index contributed by atoms with van der Waals surface area (Å²) in [5, 5.41) is 2.75. The van der Waals surface area contributed by atoms with Crippen LogP contribution in [0.4, 0.5) is 11.4 Å². The molecule has 0 aliphatic rings. The Kier molecular flexibility index (Phi) is 5.90. The fourth-order valence-electron chi connectivity index (χ4n) is 2.43. The zero-order chi connectivity index (χ0) is 20.4. The number of carbonyl (C=O) groups excluding carboxylic acids is 2. The van der Waals surface area contributed by atoms with Crippen molar-refractivity contribution in [3.05, 3.63) is 59.2 Å². The molecule has 2 aromatic carbocycles. The molecular formula is C19H23N3O4S. The number of hydrogen-bond donors (Lipinski definition) is 1. The molecule has 0 spiro atoms. The van der Waals surface area contributed by atoms with E-state index < -0.39 is 10.0 Å². The number of anilines is 2. The van der Waals surface area contributed by atoms with E-state index in [1.807, 2.05) is 0 Å². The number of sulfonamides is 1. The number of nitrogens with one attached hydrogen (secondary N) is 1. The molecular weight excluding hydrogens is 366 g/mol. The summed E-state index contributed by atoms with van der Waals surface area (Å²) >= 11 is 0. The van der Waals surface area contributed by atoms with E-state index in [0.717, 1.165) is 16.1 Å². The molecule has 0 aliphatic carbocycles. The first-order chi connectivity index (χ1) is 12.5. The maximum Gasteiger partial charge on any atom is 0.255 e. The molecule has 0 heterocycles. The van der Waals surface area contributed by atoms with E-state index in [-0.39, 0.29) is 11.8 Å². The largest absolute Gasteiger partial charge is 0.345 e. The Morgan fingerprint density at radius 1 is 0.926 bits per heavy atom. The van der Waals surface area contributed by atoms with Gasteiger partial charge in [-0.25, -0.2) is 8.42 Å². The molecule has 27 heavy (non-hydrogen) atoms. The smallest absolute Gasteiger partial charge is 0.255 e. The summed E-state index contributed by atoms with van der Waals surface area (Å²) in [6.45, 7) is 1.78. The summed E-state index contributed by atoms with van der Waals surface area (Å²) in [5.74, 6) is -0.496. The minimum atomic E-state index is -3.43. The lowest BCUT2D eigenvalue weighted by molar-refractivity contribution is 0.0827. The van der Waals surface area contributed by atoms with E-state index >= 15 is 0 Å². The quantitative estimate of drug-likeness (QED) is 0.850. The van der Waals surface area contributed by atoms with E-state index in [4.69, 9.17) is 0 Å². The highest BCUT2D eigenvalue weighted by Gasteiger charge is 2.17. The van der Waals surface area contributed by atoms with Crippen LogP contribution in [0.3, 0.4) is 0 Å². The molecule has 0 radical (unpaired) electrons. The number of amides is 2. The molecule has 2 rings (SSSR count). The number of carbonyl (C=O) groups is 2. The van der Waals surface area contributed by atoms with Gasteiger partial charge in [-0.1, -0.05) is 6.07 Å². The van der Waals surface area contributed by atoms with Gasteiger partial charge in [-0.05, 0) is 48.9 Å². The Balaban J connectivity index is 2.22. The molecule has 0 unspecified atom stereocenters. The van der Waals surface area contributed by atoms with Crippen LogP contribution >= 0.6 is 0 Å². The SMILES string of the molecule is Cc1ccc(C(=O)Nc2ccc(C(=O)N(C)C)cc2)cc1N(C)S(C)(=O)=O. The molecule has 0 aromatic heterocycles. The van der Waals surface area contributed by atoms with Crippen molar-refractivity contribution in [3.8, 4) is 0 Å². The monoisotopic (exact) mass is 389 g/mol. The van der Waals surface area contributed by atoms with Gasteiger partial charge in [-0.2, -0.15) is 0 Å². The van der Waals surface area contributed by atoms with E-state index in [1.54, 1.807) is 57.4 Å². The predicted molar refractivity (Wildman–Crippen MR) is 107 cm³/mol. The first-order valence-corrected chi connectivity index (χ1v) is 10.0. The number of benzene rings is 2. The fraction of sp³-hybridized carbons (Fsp3) is 0.263. The minimum Gasteiger partial charge on any atom is -0.345 e. The Labute approximate surface area is 159 Å². The average molecular weight is 389 g/mol. The minimum absolute atomic E-state index is 0.125. The fourth-order valence-corrected chi connectivity index (χ4v) is 2.98. The van der Waals surface area contributed by atoms with Crippen molar-refractivity contribution in [2.45, 2.75) is 6.92 Å². The van der Waals surface area contributed by atoms with Crippen molar-refractivity contribution < 1.29 is 18.0 Å². The van der Waals surface area contributed by atoms with Gasteiger partial charge in [-0.15, -0.1) is 0 Å². The molecule has 8 heteroatoms. The first kappa shape index (κ1) is 20.4. The van der Waals surface area contributed by atoms with Gasteiger partial charge >= 0.3 is 0 Å². The topological polar surface area (TPSA) is 86.8 Å². The predicted octanol–water partition coefficient (Wildman–Crippen LogP) is 2.34. The van der Waals surface area contributed by atoms with Crippen molar-refractivity contribution in [1.29, 1.82) is 0 Å². The van der Waals surface area contributed by atoms with E-state index in [9.17, 15) is 18.0 Å². The molecule has 2 aromatic rings. The zero-order valence-electron chi connectivity index (χ0n) is 16.0. The third-order valence-electron chi connectivity index (χ3n) is 4.10. The molecule has 144 valence electrons. The summed E-state index contributed by atoms with van der Waals surface area (Å²) in [6, 6.07) is 11.4. The Morgan fingerprint density at radius 3 is 2.00 bits per heavy atom. The van der Waals surface area contributed by atoms with Crippen molar-refractivity contribution >= 4 is 33.2 Å². The van der Waals surface area contributed by atoms with Crippen molar-refractivity contribution in [2.24, 2.45) is 0 Å². The van der Waals surface area contributed by atoms with Crippen molar-refractivity contribution in [1.82, 2.24) is 4.90 Å². The lowest BCUT2D eigenvalue weighted by atomic mass is 10.1. The van der Waals surface area contributed by atoms with Gasteiger partial charge in [0.2, 0.25) is 10.0 Å². The summed E-state index contributed by atoms with van der Waals surface area (Å²) in [5.41, 5.74) is 2.57. The maximum atomic E-state index is 12.5. The molecule has 7 nitrogen and oxygen atoms in total. The Bertz CT molecular complexity index is 967. The highest BCUT2D eigenvalue weighted by molar-refractivity contribution is 7.92. The van der Waals surface area contributed by atoms with Crippen LogP contribution in [0, 0.1) is 6.92 Å². The molecule has 0 fully saturated rings. The molecule has 0 saturated carbocycles. The highest BCUT2D eigenvalue weighted by Crippen LogP contribution is 2.23. The lowest BCUT2D eigenvalue weighted by Crippen LogP contribution is -2.26. The van der Waals surface area contributed by atoms with Gasteiger partial charge in [0, 0.05) is 38.0 Å². The van der Waals surface area contributed by atoms with Crippen LogP contribution < -0.4 is 9.62 Å². The Hall–Kier alpha value is -2.87. The maximum absolute atomic E-state index is 12.5. The van der Waals surface area contributed by atoms with Gasteiger partial charge in [0.1, 0.15) is 0 Å².